The number of rotatable bonds is 5. The number of carbonyl (C=O) groups is 1. The van der Waals surface area contributed by atoms with Gasteiger partial charge >= 0.3 is 6.03 Å². The predicted octanol–water partition coefficient (Wildman–Crippen LogP) is 1.58. The summed E-state index contributed by atoms with van der Waals surface area (Å²) in [6, 6.07) is 9.77. The molecule has 1 aliphatic heterocycles. The summed E-state index contributed by atoms with van der Waals surface area (Å²) in [7, 11) is 0. The Kier molecular flexibility index (Phi) is 5.34. The van der Waals surface area contributed by atoms with E-state index in [2.05, 4.69) is 30.5 Å². The van der Waals surface area contributed by atoms with Crippen molar-refractivity contribution in [3.05, 3.63) is 60.4 Å². The fourth-order valence-corrected chi connectivity index (χ4v) is 3.27. The standard InChI is InChI=1S/C19H24N8O/c1-15(16-11-22-27(12-16)17-5-3-2-4-6-17)23-19(28)26-9-7-25(8-10-26)13-18-20-14-21-24-18/h2-6,11-12,14-15H,7-10,13H2,1H3,(H,23,28)(H,20,21,24)/t15-/m1/s1. The van der Waals surface area contributed by atoms with E-state index in [9.17, 15) is 4.79 Å². The minimum atomic E-state index is -0.114. The van der Waals surface area contributed by atoms with Crippen LogP contribution in [0.2, 0.25) is 0 Å². The lowest BCUT2D eigenvalue weighted by Crippen LogP contribution is -2.51. The molecule has 0 aliphatic carbocycles. The number of para-hydroxylation sites is 1. The van der Waals surface area contributed by atoms with Gasteiger partial charge in [-0.2, -0.15) is 10.2 Å². The highest BCUT2D eigenvalue weighted by Crippen LogP contribution is 2.15. The first-order valence-corrected chi connectivity index (χ1v) is 9.41. The van der Waals surface area contributed by atoms with Crippen LogP contribution in [0.25, 0.3) is 5.69 Å². The number of piperazine rings is 1. The van der Waals surface area contributed by atoms with Crippen molar-refractivity contribution < 1.29 is 4.79 Å². The second-order valence-corrected chi connectivity index (χ2v) is 6.92. The highest BCUT2D eigenvalue weighted by Gasteiger charge is 2.23. The first-order chi connectivity index (χ1) is 13.7. The monoisotopic (exact) mass is 380 g/mol. The Hall–Kier alpha value is -3.20. The Morgan fingerprint density at radius 1 is 1.21 bits per heavy atom. The van der Waals surface area contributed by atoms with E-state index in [1.165, 1.54) is 6.33 Å². The first kappa shape index (κ1) is 18.2. The van der Waals surface area contributed by atoms with Crippen LogP contribution in [0.15, 0.2) is 49.1 Å². The van der Waals surface area contributed by atoms with Crippen LogP contribution in [0.1, 0.15) is 24.4 Å². The zero-order valence-corrected chi connectivity index (χ0v) is 15.8. The van der Waals surface area contributed by atoms with Crippen LogP contribution in [-0.4, -0.2) is 67.0 Å². The Bertz CT molecular complexity index is 884. The van der Waals surface area contributed by atoms with E-state index in [4.69, 9.17) is 0 Å². The van der Waals surface area contributed by atoms with Crippen molar-refractivity contribution >= 4 is 6.03 Å². The van der Waals surface area contributed by atoms with E-state index in [0.29, 0.717) is 13.1 Å². The van der Waals surface area contributed by atoms with Gasteiger partial charge in [0.15, 0.2) is 0 Å². The summed E-state index contributed by atoms with van der Waals surface area (Å²) in [6.45, 7) is 5.71. The van der Waals surface area contributed by atoms with E-state index >= 15 is 0 Å². The van der Waals surface area contributed by atoms with Gasteiger partial charge in [0.05, 0.1) is 24.5 Å². The molecule has 1 saturated heterocycles. The molecule has 0 saturated carbocycles. The molecule has 0 radical (unpaired) electrons. The average molecular weight is 380 g/mol. The van der Waals surface area contributed by atoms with E-state index in [1.807, 2.05) is 53.0 Å². The summed E-state index contributed by atoms with van der Waals surface area (Å²) in [5.41, 5.74) is 1.97. The molecule has 4 rings (SSSR count). The number of amides is 2. The molecular formula is C19H24N8O. The lowest BCUT2D eigenvalue weighted by molar-refractivity contribution is 0.132. The molecule has 0 unspecified atom stereocenters. The minimum Gasteiger partial charge on any atom is -0.331 e. The largest absolute Gasteiger partial charge is 0.331 e. The van der Waals surface area contributed by atoms with Crippen LogP contribution in [0.4, 0.5) is 4.79 Å². The molecule has 28 heavy (non-hydrogen) atoms. The predicted molar refractivity (Wildman–Crippen MR) is 104 cm³/mol. The van der Waals surface area contributed by atoms with Crippen LogP contribution < -0.4 is 5.32 Å². The van der Waals surface area contributed by atoms with Gasteiger partial charge in [-0.15, -0.1) is 0 Å². The van der Waals surface area contributed by atoms with Gasteiger partial charge in [0.2, 0.25) is 0 Å². The van der Waals surface area contributed by atoms with Gasteiger partial charge in [-0.25, -0.2) is 14.5 Å². The molecule has 9 heteroatoms. The normalized spacial score (nSPS) is 16.1. The summed E-state index contributed by atoms with van der Waals surface area (Å²) in [4.78, 5) is 20.9. The Morgan fingerprint density at radius 3 is 2.71 bits per heavy atom. The zero-order chi connectivity index (χ0) is 19.3. The van der Waals surface area contributed by atoms with Gasteiger partial charge in [-0.3, -0.25) is 10.00 Å². The molecule has 0 spiro atoms. The Balaban J connectivity index is 1.29. The maximum atomic E-state index is 12.6. The molecular weight excluding hydrogens is 356 g/mol. The van der Waals surface area contributed by atoms with Crippen molar-refractivity contribution in [1.29, 1.82) is 0 Å². The van der Waals surface area contributed by atoms with Gasteiger partial charge in [0.25, 0.3) is 0 Å². The highest BCUT2D eigenvalue weighted by molar-refractivity contribution is 5.74. The van der Waals surface area contributed by atoms with Gasteiger partial charge in [-0.1, -0.05) is 18.2 Å². The second-order valence-electron chi connectivity index (χ2n) is 6.92. The summed E-state index contributed by atoms with van der Waals surface area (Å²) in [6.07, 6.45) is 5.27. The summed E-state index contributed by atoms with van der Waals surface area (Å²) in [5.74, 6) is 0.849. The molecule has 1 atom stereocenters. The smallest absolute Gasteiger partial charge is 0.317 e. The van der Waals surface area contributed by atoms with Crippen molar-refractivity contribution in [2.75, 3.05) is 26.2 Å². The van der Waals surface area contributed by atoms with Gasteiger partial charge < -0.3 is 10.2 Å². The third-order valence-electron chi connectivity index (χ3n) is 4.96. The SMILES string of the molecule is C[C@@H](NC(=O)N1CCN(Cc2ncn[nH]2)CC1)c1cnn(-c2ccccc2)c1. The van der Waals surface area contributed by atoms with Gasteiger partial charge in [0.1, 0.15) is 12.2 Å². The first-order valence-electron chi connectivity index (χ1n) is 9.41. The molecule has 0 bridgehead atoms. The second kappa shape index (κ2) is 8.22. The van der Waals surface area contributed by atoms with Crippen LogP contribution in [0, 0.1) is 0 Å². The third-order valence-corrected chi connectivity index (χ3v) is 4.96. The van der Waals surface area contributed by atoms with Crippen molar-refractivity contribution in [2.45, 2.75) is 19.5 Å². The van der Waals surface area contributed by atoms with Crippen LogP contribution in [0.5, 0.6) is 0 Å². The van der Waals surface area contributed by atoms with Crippen molar-refractivity contribution in [3.63, 3.8) is 0 Å². The van der Waals surface area contributed by atoms with E-state index < -0.39 is 0 Å². The topological polar surface area (TPSA) is 95.0 Å². The average Bonchev–Trinajstić information content (AvgIpc) is 3.41. The number of H-pyrrole nitrogens is 1. The molecule has 2 N–H and O–H groups in total. The fourth-order valence-electron chi connectivity index (χ4n) is 3.27. The third kappa shape index (κ3) is 4.20. The van der Waals surface area contributed by atoms with Crippen molar-refractivity contribution in [2.24, 2.45) is 0 Å². The molecule has 146 valence electrons. The fraction of sp³-hybridized carbons (Fsp3) is 0.368. The lowest BCUT2D eigenvalue weighted by atomic mass is 10.2. The molecule has 3 heterocycles. The molecule has 9 nitrogen and oxygen atoms in total. The van der Waals surface area contributed by atoms with E-state index in [1.54, 1.807) is 6.20 Å². The van der Waals surface area contributed by atoms with Crippen molar-refractivity contribution in [1.82, 2.24) is 40.1 Å². The molecule has 2 aromatic heterocycles. The van der Waals surface area contributed by atoms with E-state index in [0.717, 1.165) is 36.7 Å². The minimum absolute atomic E-state index is 0.0423. The maximum absolute atomic E-state index is 12.6. The maximum Gasteiger partial charge on any atom is 0.317 e. The van der Waals surface area contributed by atoms with Gasteiger partial charge in [0, 0.05) is 37.9 Å². The number of urea groups is 1. The number of hydrogen-bond acceptors (Lipinski definition) is 5. The zero-order valence-electron chi connectivity index (χ0n) is 15.8. The highest BCUT2D eigenvalue weighted by atomic mass is 16.2. The van der Waals surface area contributed by atoms with Crippen LogP contribution >= 0.6 is 0 Å². The van der Waals surface area contributed by atoms with Gasteiger partial charge in [-0.05, 0) is 19.1 Å². The number of nitrogens with zero attached hydrogens (tertiary/aromatic N) is 6. The number of hydrogen-bond donors (Lipinski definition) is 2. The molecule has 2 amide bonds. The molecule has 1 aliphatic rings. The Morgan fingerprint density at radius 2 is 2.00 bits per heavy atom. The van der Waals surface area contributed by atoms with Crippen LogP contribution in [0.3, 0.4) is 0 Å². The number of benzene rings is 1. The lowest BCUT2D eigenvalue weighted by Gasteiger charge is -2.34. The molecule has 1 fully saturated rings. The summed E-state index contributed by atoms with van der Waals surface area (Å²) in [5, 5.41) is 14.2. The van der Waals surface area contributed by atoms with Crippen molar-refractivity contribution in [3.8, 4) is 5.69 Å². The number of carbonyl (C=O) groups excluding carboxylic acids is 1. The summed E-state index contributed by atoms with van der Waals surface area (Å²) < 4.78 is 1.82. The molecule has 3 aromatic rings. The quantitative estimate of drug-likeness (QED) is 0.701. The number of aromatic nitrogens is 5. The summed E-state index contributed by atoms with van der Waals surface area (Å²) >= 11 is 0. The molecule has 1 aromatic carbocycles. The van der Waals surface area contributed by atoms with E-state index in [-0.39, 0.29) is 12.1 Å². The number of aromatic amines is 1. The Labute approximate surface area is 163 Å². The number of nitrogens with one attached hydrogen (secondary N) is 2. The van der Waals surface area contributed by atoms with Crippen LogP contribution in [-0.2, 0) is 6.54 Å².